The molecule has 0 saturated heterocycles. The average Bonchev–Trinajstić information content (AvgIpc) is 2.08. The van der Waals surface area contributed by atoms with Gasteiger partial charge in [-0.25, -0.2) is 10.9 Å². The van der Waals surface area contributed by atoms with Crippen LogP contribution < -0.4 is 10.9 Å². The molecule has 0 bridgehead atoms. The minimum atomic E-state index is -0.356. The molecule has 1 aromatic carbocycles. The smallest absolute Gasteiger partial charge is 0.238 e. The van der Waals surface area contributed by atoms with Gasteiger partial charge in [0.1, 0.15) is 0 Å². The molecule has 0 radical (unpaired) electrons. The summed E-state index contributed by atoms with van der Waals surface area (Å²) in [6, 6.07) is 3.89. The molecule has 0 spiro atoms. The van der Waals surface area contributed by atoms with Crippen LogP contribution in [0.25, 0.3) is 0 Å². The van der Waals surface area contributed by atoms with Crippen LogP contribution in [0.5, 0.6) is 11.5 Å². The van der Waals surface area contributed by atoms with Crippen LogP contribution in [0, 0.1) is 0 Å². The van der Waals surface area contributed by atoms with E-state index in [1.165, 1.54) is 25.1 Å². The zero-order valence-corrected chi connectivity index (χ0v) is 7.06. The number of rotatable bonds is 1. The summed E-state index contributed by atoms with van der Waals surface area (Å²) in [4.78, 5) is 10.8. The van der Waals surface area contributed by atoms with Crippen molar-refractivity contribution in [1.82, 2.24) is 0 Å². The normalized spacial score (nSPS) is 9.69. The summed E-state index contributed by atoms with van der Waals surface area (Å²) in [5.41, 5.74) is 0.322. The highest BCUT2D eigenvalue weighted by molar-refractivity contribution is 5.90. The summed E-state index contributed by atoms with van der Waals surface area (Å²) in [6.45, 7) is 1.30. The van der Waals surface area contributed by atoms with E-state index >= 15 is 0 Å². The fourth-order valence-electron chi connectivity index (χ4n) is 0.843. The van der Waals surface area contributed by atoms with Crippen molar-refractivity contribution in [1.29, 1.82) is 0 Å². The van der Waals surface area contributed by atoms with Crippen molar-refractivity contribution in [2.75, 3.05) is 5.01 Å². The molecule has 0 aromatic heterocycles. The van der Waals surface area contributed by atoms with Crippen molar-refractivity contribution in [3.05, 3.63) is 18.2 Å². The highest BCUT2D eigenvalue weighted by atomic mass is 16.3. The van der Waals surface area contributed by atoms with Gasteiger partial charge in [-0.3, -0.25) is 4.79 Å². The predicted molar refractivity (Wildman–Crippen MR) is 47.1 cm³/mol. The summed E-state index contributed by atoms with van der Waals surface area (Å²) in [7, 11) is 0. The van der Waals surface area contributed by atoms with E-state index < -0.39 is 0 Å². The summed E-state index contributed by atoms with van der Waals surface area (Å²) in [5.74, 6) is 4.43. The standard InChI is InChI=1S/C8H10N2O3/c1-5(11)10(9)6-2-3-7(12)8(13)4-6/h2-4,12-13H,9H2,1H3. The van der Waals surface area contributed by atoms with Gasteiger partial charge in [-0.1, -0.05) is 0 Å². The van der Waals surface area contributed by atoms with E-state index in [2.05, 4.69) is 0 Å². The Morgan fingerprint density at radius 1 is 1.38 bits per heavy atom. The molecule has 0 aliphatic rings. The SMILES string of the molecule is CC(=O)N(N)c1ccc(O)c(O)c1. The number of phenols is 2. The molecular weight excluding hydrogens is 172 g/mol. The van der Waals surface area contributed by atoms with E-state index in [9.17, 15) is 4.79 Å². The first-order chi connectivity index (χ1) is 6.02. The largest absolute Gasteiger partial charge is 0.504 e. The number of anilines is 1. The molecule has 0 aliphatic heterocycles. The lowest BCUT2D eigenvalue weighted by Crippen LogP contribution is -2.35. The Bertz CT molecular complexity index is 338. The molecule has 5 heteroatoms. The molecule has 0 aliphatic carbocycles. The number of carbonyl (C=O) groups excluding carboxylic acids is 1. The first-order valence-corrected chi connectivity index (χ1v) is 3.59. The molecule has 1 rings (SSSR count). The van der Waals surface area contributed by atoms with Crippen molar-refractivity contribution in [2.24, 2.45) is 5.84 Å². The van der Waals surface area contributed by atoms with E-state index in [4.69, 9.17) is 16.1 Å². The van der Waals surface area contributed by atoms with Crippen molar-refractivity contribution in [3.8, 4) is 11.5 Å². The zero-order valence-electron chi connectivity index (χ0n) is 7.06. The number of aromatic hydroxyl groups is 2. The van der Waals surface area contributed by atoms with Crippen LogP contribution in [-0.4, -0.2) is 16.1 Å². The number of nitrogens with zero attached hydrogens (tertiary/aromatic N) is 1. The fraction of sp³-hybridized carbons (Fsp3) is 0.125. The minimum Gasteiger partial charge on any atom is -0.504 e. The van der Waals surface area contributed by atoms with E-state index in [0.717, 1.165) is 5.01 Å². The molecule has 1 amide bonds. The topological polar surface area (TPSA) is 86.8 Å². The van der Waals surface area contributed by atoms with Crippen LogP contribution in [-0.2, 0) is 4.79 Å². The Labute approximate surface area is 75.0 Å². The van der Waals surface area contributed by atoms with E-state index in [0.29, 0.717) is 5.69 Å². The number of amides is 1. The number of hydrogen-bond acceptors (Lipinski definition) is 4. The molecule has 1 aromatic rings. The van der Waals surface area contributed by atoms with Crippen LogP contribution >= 0.6 is 0 Å². The minimum absolute atomic E-state index is 0.249. The number of carbonyl (C=O) groups is 1. The molecule has 13 heavy (non-hydrogen) atoms. The van der Waals surface area contributed by atoms with E-state index in [1.807, 2.05) is 0 Å². The van der Waals surface area contributed by atoms with Crippen molar-refractivity contribution >= 4 is 11.6 Å². The van der Waals surface area contributed by atoms with Gasteiger partial charge in [0.25, 0.3) is 0 Å². The molecule has 4 N–H and O–H groups in total. The number of hydrazine groups is 1. The van der Waals surface area contributed by atoms with Crippen molar-refractivity contribution < 1.29 is 15.0 Å². The monoisotopic (exact) mass is 182 g/mol. The highest BCUT2D eigenvalue weighted by Crippen LogP contribution is 2.28. The second-order valence-electron chi connectivity index (χ2n) is 2.56. The maximum absolute atomic E-state index is 10.8. The summed E-state index contributed by atoms with van der Waals surface area (Å²) >= 11 is 0. The summed E-state index contributed by atoms with van der Waals surface area (Å²) in [6.07, 6.45) is 0. The Kier molecular flexibility index (Phi) is 2.39. The quantitative estimate of drug-likeness (QED) is 0.253. The lowest BCUT2D eigenvalue weighted by molar-refractivity contribution is -0.116. The molecule has 5 nitrogen and oxygen atoms in total. The lowest BCUT2D eigenvalue weighted by atomic mass is 10.2. The second-order valence-corrected chi connectivity index (χ2v) is 2.56. The van der Waals surface area contributed by atoms with Gasteiger partial charge in [0, 0.05) is 13.0 Å². The van der Waals surface area contributed by atoms with Gasteiger partial charge < -0.3 is 10.2 Å². The van der Waals surface area contributed by atoms with Crippen LogP contribution in [0.2, 0.25) is 0 Å². The Balaban J connectivity index is 3.03. The molecular formula is C8H10N2O3. The van der Waals surface area contributed by atoms with Crippen LogP contribution in [0.3, 0.4) is 0 Å². The van der Waals surface area contributed by atoms with Gasteiger partial charge in [0.05, 0.1) is 5.69 Å². The lowest BCUT2D eigenvalue weighted by Gasteiger charge is -2.14. The van der Waals surface area contributed by atoms with Gasteiger partial charge in [-0.15, -0.1) is 0 Å². The number of nitrogens with two attached hydrogens (primary N) is 1. The molecule has 0 heterocycles. The second kappa shape index (κ2) is 3.32. The average molecular weight is 182 g/mol. The van der Waals surface area contributed by atoms with E-state index in [1.54, 1.807) is 0 Å². The van der Waals surface area contributed by atoms with Gasteiger partial charge >= 0.3 is 0 Å². The van der Waals surface area contributed by atoms with Crippen molar-refractivity contribution in [3.63, 3.8) is 0 Å². The first kappa shape index (κ1) is 9.34. The number of hydrogen-bond donors (Lipinski definition) is 3. The molecule has 0 atom stereocenters. The predicted octanol–water partition coefficient (Wildman–Crippen LogP) is 0.324. The maximum atomic E-state index is 10.8. The number of phenolic OH excluding ortho intramolecular Hbond substituents is 2. The Hall–Kier alpha value is -1.75. The summed E-state index contributed by atoms with van der Waals surface area (Å²) < 4.78 is 0. The summed E-state index contributed by atoms with van der Waals surface area (Å²) in [5, 5.41) is 18.9. The van der Waals surface area contributed by atoms with Gasteiger partial charge in [0.2, 0.25) is 5.91 Å². The van der Waals surface area contributed by atoms with Crippen LogP contribution in [0.15, 0.2) is 18.2 Å². The molecule has 0 fully saturated rings. The molecule has 0 unspecified atom stereocenters. The Morgan fingerprint density at radius 3 is 2.46 bits per heavy atom. The molecule has 0 saturated carbocycles. The third kappa shape index (κ3) is 1.88. The van der Waals surface area contributed by atoms with Gasteiger partial charge in [-0.2, -0.15) is 0 Å². The van der Waals surface area contributed by atoms with Gasteiger partial charge in [-0.05, 0) is 12.1 Å². The Morgan fingerprint density at radius 2 is 2.00 bits per heavy atom. The van der Waals surface area contributed by atoms with Crippen LogP contribution in [0.1, 0.15) is 6.92 Å². The van der Waals surface area contributed by atoms with Crippen molar-refractivity contribution in [2.45, 2.75) is 6.92 Å². The maximum Gasteiger partial charge on any atom is 0.238 e. The molecule has 70 valence electrons. The van der Waals surface area contributed by atoms with E-state index in [-0.39, 0.29) is 17.4 Å². The zero-order chi connectivity index (χ0) is 10.0. The van der Waals surface area contributed by atoms with Crippen LogP contribution in [0.4, 0.5) is 5.69 Å². The first-order valence-electron chi connectivity index (χ1n) is 3.59. The third-order valence-corrected chi connectivity index (χ3v) is 1.58. The third-order valence-electron chi connectivity index (χ3n) is 1.58. The highest BCUT2D eigenvalue weighted by Gasteiger charge is 2.08. The fourth-order valence-corrected chi connectivity index (χ4v) is 0.843. The van der Waals surface area contributed by atoms with Gasteiger partial charge in [0.15, 0.2) is 11.5 Å². The number of benzene rings is 1.